The van der Waals surface area contributed by atoms with Crippen LogP contribution in [0.3, 0.4) is 0 Å². The molecule has 5 nitrogen and oxygen atoms in total. The van der Waals surface area contributed by atoms with E-state index in [0.29, 0.717) is 26.2 Å². The maximum absolute atomic E-state index is 12.3. The van der Waals surface area contributed by atoms with Crippen molar-refractivity contribution in [2.45, 2.75) is 5.38 Å². The van der Waals surface area contributed by atoms with Gasteiger partial charge in [-0.3, -0.25) is 4.79 Å². The zero-order valence-corrected chi connectivity index (χ0v) is 12.8. The number of hydrogen-bond donors (Lipinski definition) is 0. The maximum atomic E-state index is 12.3. The lowest BCUT2D eigenvalue weighted by Gasteiger charge is -2.34. The summed E-state index contributed by atoms with van der Waals surface area (Å²) in [6.07, 6.45) is 1.18. The number of benzene rings is 1. The molecule has 1 heterocycles. The quantitative estimate of drug-likeness (QED) is 0.784. The van der Waals surface area contributed by atoms with Gasteiger partial charge in [-0.15, -0.1) is 11.6 Å². The molecule has 20 heavy (non-hydrogen) atoms. The summed E-state index contributed by atoms with van der Waals surface area (Å²) >= 11 is 6.19. The first-order valence-electron chi connectivity index (χ1n) is 6.32. The largest absolute Gasteiger partial charge is 0.338 e. The zero-order chi connectivity index (χ0) is 14.8. The fourth-order valence-corrected chi connectivity index (χ4v) is 3.28. The van der Waals surface area contributed by atoms with Gasteiger partial charge in [-0.25, -0.2) is 8.42 Å². The van der Waals surface area contributed by atoms with Crippen LogP contribution < -0.4 is 0 Å². The molecule has 1 fully saturated rings. The van der Waals surface area contributed by atoms with Crippen LogP contribution >= 0.6 is 11.6 Å². The lowest BCUT2D eigenvalue weighted by atomic mass is 10.1. The van der Waals surface area contributed by atoms with E-state index in [0.717, 1.165) is 5.56 Å². The van der Waals surface area contributed by atoms with E-state index in [4.69, 9.17) is 11.6 Å². The van der Waals surface area contributed by atoms with Crippen LogP contribution in [0.2, 0.25) is 0 Å². The number of carbonyl (C=O) groups excluding carboxylic acids is 1. The number of halogens is 1. The number of amides is 1. The van der Waals surface area contributed by atoms with Crippen molar-refractivity contribution in [1.82, 2.24) is 9.21 Å². The monoisotopic (exact) mass is 316 g/mol. The Labute approximate surface area is 124 Å². The predicted octanol–water partition coefficient (Wildman–Crippen LogP) is 1.07. The van der Waals surface area contributed by atoms with Crippen molar-refractivity contribution < 1.29 is 13.2 Å². The van der Waals surface area contributed by atoms with Gasteiger partial charge in [0.2, 0.25) is 15.9 Å². The molecule has 1 atom stereocenters. The molecule has 1 amide bonds. The van der Waals surface area contributed by atoms with Gasteiger partial charge < -0.3 is 4.90 Å². The number of hydrogen-bond acceptors (Lipinski definition) is 3. The van der Waals surface area contributed by atoms with E-state index in [2.05, 4.69) is 0 Å². The lowest BCUT2D eigenvalue weighted by molar-refractivity contribution is -0.132. The van der Waals surface area contributed by atoms with E-state index < -0.39 is 15.4 Å². The Morgan fingerprint density at radius 2 is 1.70 bits per heavy atom. The minimum atomic E-state index is -3.19. The summed E-state index contributed by atoms with van der Waals surface area (Å²) in [5, 5.41) is -0.721. The van der Waals surface area contributed by atoms with E-state index >= 15 is 0 Å². The van der Waals surface area contributed by atoms with Gasteiger partial charge in [0.1, 0.15) is 5.38 Å². The predicted molar refractivity (Wildman–Crippen MR) is 78.0 cm³/mol. The number of rotatable bonds is 3. The highest BCUT2D eigenvalue weighted by Crippen LogP contribution is 2.23. The van der Waals surface area contributed by atoms with Crippen LogP contribution in [0.1, 0.15) is 10.9 Å². The first-order chi connectivity index (χ1) is 9.39. The van der Waals surface area contributed by atoms with E-state index in [1.54, 1.807) is 4.90 Å². The number of alkyl halides is 1. The summed E-state index contributed by atoms with van der Waals surface area (Å²) < 4.78 is 24.2. The molecule has 7 heteroatoms. The molecular formula is C13H17ClN2O3S. The third-order valence-corrected chi connectivity index (χ3v) is 5.07. The topological polar surface area (TPSA) is 57.7 Å². The summed E-state index contributed by atoms with van der Waals surface area (Å²) in [4.78, 5) is 13.9. The van der Waals surface area contributed by atoms with Crippen LogP contribution in [-0.2, 0) is 14.8 Å². The highest BCUT2D eigenvalue weighted by atomic mass is 35.5. The average molecular weight is 317 g/mol. The molecule has 0 aliphatic carbocycles. The smallest absolute Gasteiger partial charge is 0.245 e. The van der Waals surface area contributed by atoms with Crippen molar-refractivity contribution in [2.24, 2.45) is 0 Å². The second-order valence-corrected chi connectivity index (χ2v) is 7.18. The molecule has 0 aromatic heterocycles. The summed E-state index contributed by atoms with van der Waals surface area (Å²) in [7, 11) is -3.19. The Kier molecular flexibility index (Phi) is 4.67. The van der Waals surface area contributed by atoms with Crippen LogP contribution in [-0.4, -0.2) is 56.0 Å². The van der Waals surface area contributed by atoms with E-state index in [1.165, 1.54) is 10.6 Å². The molecule has 1 aliphatic heterocycles. The zero-order valence-electron chi connectivity index (χ0n) is 11.2. The van der Waals surface area contributed by atoms with Crippen molar-refractivity contribution in [1.29, 1.82) is 0 Å². The van der Waals surface area contributed by atoms with Crippen LogP contribution in [0, 0.1) is 0 Å². The Balaban J connectivity index is 1.99. The van der Waals surface area contributed by atoms with Gasteiger partial charge in [-0.1, -0.05) is 30.3 Å². The van der Waals surface area contributed by atoms with Crippen LogP contribution in [0.5, 0.6) is 0 Å². The second kappa shape index (κ2) is 6.11. The molecular weight excluding hydrogens is 300 g/mol. The third kappa shape index (κ3) is 3.50. The summed E-state index contributed by atoms with van der Waals surface area (Å²) in [6, 6.07) is 9.15. The van der Waals surface area contributed by atoms with Gasteiger partial charge in [0.05, 0.1) is 6.26 Å². The molecule has 0 bridgehead atoms. The Morgan fingerprint density at radius 1 is 1.15 bits per heavy atom. The van der Waals surface area contributed by atoms with E-state index in [-0.39, 0.29) is 5.91 Å². The molecule has 0 radical (unpaired) electrons. The molecule has 1 saturated heterocycles. The molecule has 0 saturated carbocycles. The summed E-state index contributed by atoms with van der Waals surface area (Å²) in [5.41, 5.74) is 0.754. The van der Waals surface area contributed by atoms with E-state index in [9.17, 15) is 13.2 Å². The molecule has 1 unspecified atom stereocenters. The van der Waals surface area contributed by atoms with Gasteiger partial charge in [-0.05, 0) is 5.56 Å². The Morgan fingerprint density at radius 3 is 2.20 bits per heavy atom. The lowest BCUT2D eigenvalue weighted by Crippen LogP contribution is -2.50. The standard InChI is InChI=1S/C13H17ClN2O3S/c1-20(18,19)16-9-7-15(8-10-16)13(17)12(14)11-5-3-2-4-6-11/h2-6,12H,7-10H2,1H3. The van der Waals surface area contributed by atoms with Crippen LogP contribution in [0.15, 0.2) is 30.3 Å². The van der Waals surface area contributed by atoms with Gasteiger partial charge in [0.15, 0.2) is 0 Å². The highest BCUT2D eigenvalue weighted by molar-refractivity contribution is 7.88. The summed E-state index contributed by atoms with van der Waals surface area (Å²) in [5.74, 6) is -0.175. The minimum absolute atomic E-state index is 0.175. The van der Waals surface area contributed by atoms with Crippen LogP contribution in [0.25, 0.3) is 0 Å². The summed E-state index contributed by atoms with van der Waals surface area (Å²) in [6.45, 7) is 1.40. The van der Waals surface area contributed by atoms with Gasteiger partial charge in [0, 0.05) is 26.2 Å². The molecule has 1 aromatic rings. The number of nitrogens with zero attached hydrogens (tertiary/aromatic N) is 2. The van der Waals surface area contributed by atoms with Gasteiger partial charge in [0.25, 0.3) is 0 Å². The first-order valence-corrected chi connectivity index (χ1v) is 8.61. The highest BCUT2D eigenvalue weighted by Gasteiger charge is 2.29. The normalized spacial score (nSPS) is 18.8. The van der Waals surface area contributed by atoms with Gasteiger partial charge >= 0.3 is 0 Å². The molecule has 1 aromatic carbocycles. The third-order valence-electron chi connectivity index (χ3n) is 3.33. The number of sulfonamides is 1. The number of piperazine rings is 1. The van der Waals surface area contributed by atoms with Crippen molar-refractivity contribution in [3.8, 4) is 0 Å². The molecule has 2 rings (SSSR count). The van der Waals surface area contributed by atoms with E-state index in [1.807, 2.05) is 30.3 Å². The van der Waals surface area contributed by atoms with Crippen LogP contribution in [0.4, 0.5) is 0 Å². The fourth-order valence-electron chi connectivity index (χ4n) is 2.17. The van der Waals surface area contributed by atoms with Crippen molar-refractivity contribution in [2.75, 3.05) is 32.4 Å². The molecule has 1 aliphatic rings. The Hall–Kier alpha value is -1.11. The molecule has 110 valence electrons. The average Bonchev–Trinajstić information content (AvgIpc) is 2.46. The minimum Gasteiger partial charge on any atom is -0.338 e. The fraction of sp³-hybridized carbons (Fsp3) is 0.462. The maximum Gasteiger partial charge on any atom is 0.245 e. The molecule has 0 spiro atoms. The first kappa shape index (κ1) is 15.3. The van der Waals surface area contributed by atoms with Crippen molar-refractivity contribution in [3.05, 3.63) is 35.9 Å². The Bertz CT molecular complexity index is 569. The number of carbonyl (C=O) groups is 1. The van der Waals surface area contributed by atoms with Crippen molar-refractivity contribution in [3.63, 3.8) is 0 Å². The SMILES string of the molecule is CS(=O)(=O)N1CCN(C(=O)C(Cl)c2ccccc2)CC1. The molecule has 0 N–H and O–H groups in total. The van der Waals surface area contributed by atoms with Crippen molar-refractivity contribution >= 4 is 27.5 Å². The van der Waals surface area contributed by atoms with Gasteiger partial charge in [-0.2, -0.15) is 4.31 Å². The second-order valence-electron chi connectivity index (χ2n) is 4.76.